The maximum atomic E-state index is 12.3. The number of methoxy groups -OCH3 is 2. The third-order valence-corrected chi connectivity index (χ3v) is 3.05. The standard InChI is InChI=1S/C16H17NO4/c1-10-4-7-15(21-3)13(8-10)17-16(19)12-9-11(20-2)5-6-14(12)18/h4-9,18H,1-3H3,(H,17,19). The van der Waals surface area contributed by atoms with E-state index in [9.17, 15) is 9.90 Å². The van der Waals surface area contributed by atoms with Crippen molar-refractivity contribution in [2.45, 2.75) is 6.92 Å². The number of ether oxygens (including phenoxy) is 2. The van der Waals surface area contributed by atoms with Gasteiger partial charge in [-0.2, -0.15) is 0 Å². The Bertz CT molecular complexity index is 667. The molecule has 0 saturated heterocycles. The molecule has 21 heavy (non-hydrogen) atoms. The van der Waals surface area contributed by atoms with E-state index in [0.717, 1.165) is 5.56 Å². The van der Waals surface area contributed by atoms with Gasteiger partial charge in [0.2, 0.25) is 0 Å². The minimum absolute atomic E-state index is 0.111. The molecule has 2 rings (SSSR count). The Labute approximate surface area is 123 Å². The van der Waals surface area contributed by atoms with Crippen molar-refractivity contribution < 1.29 is 19.4 Å². The first-order chi connectivity index (χ1) is 10.0. The lowest BCUT2D eigenvalue weighted by molar-refractivity contribution is 0.102. The highest BCUT2D eigenvalue weighted by atomic mass is 16.5. The van der Waals surface area contributed by atoms with Gasteiger partial charge in [0.15, 0.2) is 0 Å². The molecule has 0 unspecified atom stereocenters. The summed E-state index contributed by atoms with van der Waals surface area (Å²) in [6.45, 7) is 1.91. The van der Waals surface area contributed by atoms with E-state index in [-0.39, 0.29) is 11.3 Å². The highest BCUT2D eigenvalue weighted by Crippen LogP contribution is 2.28. The fourth-order valence-corrected chi connectivity index (χ4v) is 1.93. The summed E-state index contributed by atoms with van der Waals surface area (Å²) in [4.78, 5) is 12.3. The number of hydrogen-bond acceptors (Lipinski definition) is 4. The number of nitrogens with one attached hydrogen (secondary N) is 1. The van der Waals surface area contributed by atoms with Gasteiger partial charge in [-0.3, -0.25) is 4.79 Å². The fourth-order valence-electron chi connectivity index (χ4n) is 1.93. The zero-order valence-corrected chi connectivity index (χ0v) is 12.1. The number of anilines is 1. The summed E-state index contributed by atoms with van der Waals surface area (Å²) < 4.78 is 10.3. The molecular formula is C16H17NO4. The van der Waals surface area contributed by atoms with Gasteiger partial charge in [0, 0.05) is 0 Å². The number of rotatable bonds is 4. The highest BCUT2D eigenvalue weighted by Gasteiger charge is 2.14. The molecule has 2 aromatic carbocycles. The number of carbonyl (C=O) groups is 1. The molecule has 0 heterocycles. The van der Waals surface area contributed by atoms with E-state index >= 15 is 0 Å². The van der Waals surface area contributed by atoms with Crippen molar-refractivity contribution in [2.24, 2.45) is 0 Å². The molecule has 0 aliphatic heterocycles. The van der Waals surface area contributed by atoms with Crippen LogP contribution in [0.2, 0.25) is 0 Å². The van der Waals surface area contributed by atoms with Gasteiger partial charge in [-0.25, -0.2) is 0 Å². The van der Waals surface area contributed by atoms with E-state index in [1.54, 1.807) is 18.2 Å². The summed E-state index contributed by atoms with van der Waals surface area (Å²) in [5.41, 5.74) is 1.67. The Morgan fingerprint density at radius 2 is 1.86 bits per heavy atom. The van der Waals surface area contributed by atoms with Crippen LogP contribution in [0.25, 0.3) is 0 Å². The molecule has 0 aromatic heterocycles. The number of aromatic hydroxyl groups is 1. The van der Waals surface area contributed by atoms with Crippen LogP contribution in [0.1, 0.15) is 15.9 Å². The zero-order valence-electron chi connectivity index (χ0n) is 12.1. The largest absolute Gasteiger partial charge is 0.507 e. The number of aryl methyl sites for hydroxylation is 1. The number of phenolic OH excluding ortho intramolecular Hbond substituents is 1. The molecular weight excluding hydrogens is 270 g/mol. The van der Waals surface area contributed by atoms with Gasteiger partial charge in [0.1, 0.15) is 17.2 Å². The maximum Gasteiger partial charge on any atom is 0.259 e. The first-order valence-corrected chi connectivity index (χ1v) is 6.38. The molecule has 0 aliphatic carbocycles. The minimum atomic E-state index is -0.435. The molecule has 110 valence electrons. The second kappa shape index (κ2) is 6.17. The lowest BCUT2D eigenvalue weighted by Crippen LogP contribution is -2.13. The number of amides is 1. The average Bonchev–Trinajstić information content (AvgIpc) is 2.48. The Morgan fingerprint density at radius 1 is 1.10 bits per heavy atom. The van der Waals surface area contributed by atoms with Gasteiger partial charge in [-0.1, -0.05) is 6.07 Å². The predicted molar refractivity (Wildman–Crippen MR) is 80.3 cm³/mol. The van der Waals surface area contributed by atoms with Crippen LogP contribution in [0, 0.1) is 6.92 Å². The molecule has 0 aliphatic rings. The maximum absolute atomic E-state index is 12.3. The van der Waals surface area contributed by atoms with Gasteiger partial charge in [0.25, 0.3) is 5.91 Å². The van der Waals surface area contributed by atoms with E-state index in [1.807, 2.05) is 13.0 Å². The monoisotopic (exact) mass is 287 g/mol. The van der Waals surface area contributed by atoms with Crippen molar-refractivity contribution in [3.05, 3.63) is 47.5 Å². The average molecular weight is 287 g/mol. The number of carbonyl (C=O) groups excluding carboxylic acids is 1. The molecule has 0 spiro atoms. The van der Waals surface area contributed by atoms with E-state index in [0.29, 0.717) is 17.2 Å². The van der Waals surface area contributed by atoms with E-state index in [4.69, 9.17) is 9.47 Å². The first kappa shape index (κ1) is 14.7. The minimum Gasteiger partial charge on any atom is -0.507 e. The van der Waals surface area contributed by atoms with Crippen molar-refractivity contribution >= 4 is 11.6 Å². The molecule has 0 atom stereocenters. The molecule has 0 saturated carbocycles. The molecule has 2 N–H and O–H groups in total. The zero-order chi connectivity index (χ0) is 15.4. The van der Waals surface area contributed by atoms with E-state index in [2.05, 4.69) is 5.32 Å². The van der Waals surface area contributed by atoms with Gasteiger partial charge < -0.3 is 19.9 Å². The van der Waals surface area contributed by atoms with E-state index in [1.165, 1.54) is 26.4 Å². The molecule has 2 aromatic rings. The third-order valence-electron chi connectivity index (χ3n) is 3.05. The van der Waals surface area contributed by atoms with Crippen molar-refractivity contribution in [1.82, 2.24) is 0 Å². The van der Waals surface area contributed by atoms with E-state index < -0.39 is 5.91 Å². The van der Waals surface area contributed by atoms with Crippen LogP contribution >= 0.6 is 0 Å². The first-order valence-electron chi connectivity index (χ1n) is 6.38. The Hall–Kier alpha value is -2.69. The van der Waals surface area contributed by atoms with Crippen molar-refractivity contribution in [1.29, 1.82) is 0 Å². The summed E-state index contributed by atoms with van der Waals surface area (Å²) >= 11 is 0. The van der Waals surface area contributed by atoms with Crippen LogP contribution in [0.3, 0.4) is 0 Å². The van der Waals surface area contributed by atoms with Crippen LogP contribution in [0.5, 0.6) is 17.2 Å². The molecule has 0 fully saturated rings. The van der Waals surface area contributed by atoms with Crippen LogP contribution in [0.4, 0.5) is 5.69 Å². The Kier molecular flexibility index (Phi) is 4.33. The lowest BCUT2D eigenvalue weighted by atomic mass is 10.1. The molecule has 5 heteroatoms. The molecule has 5 nitrogen and oxygen atoms in total. The summed E-state index contributed by atoms with van der Waals surface area (Å²) in [5, 5.41) is 12.5. The molecule has 0 radical (unpaired) electrons. The second-order valence-electron chi connectivity index (χ2n) is 4.54. The van der Waals surface area contributed by atoms with Gasteiger partial charge >= 0.3 is 0 Å². The summed E-state index contributed by atoms with van der Waals surface area (Å²) in [7, 11) is 3.03. The summed E-state index contributed by atoms with van der Waals surface area (Å²) in [6.07, 6.45) is 0. The predicted octanol–water partition coefficient (Wildman–Crippen LogP) is 2.97. The van der Waals surface area contributed by atoms with Crippen molar-refractivity contribution in [3.63, 3.8) is 0 Å². The third kappa shape index (κ3) is 3.25. The molecule has 0 bridgehead atoms. The Morgan fingerprint density at radius 3 is 2.52 bits per heavy atom. The van der Waals surface area contributed by atoms with Crippen LogP contribution in [-0.2, 0) is 0 Å². The number of hydrogen-bond donors (Lipinski definition) is 2. The van der Waals surface area contributed by atoms with Crippen molar-refractivity contribution in [3.8, 4) is 17.2 Å². The lowest BCUT2D eigenvalue weighted by Gasteiger charge is -2.12. The van der Waals surface area contributed by atoms with Gasteiger partial charge in [-0.15, -0.1) is 0 Å². The number of benzene rings is 2. The highest BCUT2D eigenvalue weighted by molar-refractivity contribution is 6.07. The normalized spacial score (nSPS) is 10.0. The Balaban J connectivity index is 2.32. The second-order valence-corrected chi connectivity index (χ2v) is 4.54. The van der Waals surface area contributed by atoms with Crippen LogP contribution < -0.4 is 14.8 Å². The van der Waals surface area contributed by atoms with Crippen LogP contribution in [-0.4, -0.2) is 25.2 Å². The number of phenols is 1. The van der Waals surface area contributed by atoms with Gasteiger partial charge in [-0.05, 0) is 42.8 Å². The smallest absolute Gasteiger partial charge is 0.259 e. The topological polar surface area (TPSA) is 67.8 Å². The summed E-state index contributed by atoms with van der Waals surface area (Å²) in [5.74, 6) is 0.501. The quantitative estimate of drug-likeness (QED) is 0.907. The fraction of sp³-hybridized carbons (Fsp3) is 0.188. The van der Waals surface area contributed by atoms with Gasteiger partial charge in [0.05, 0.1) is 25.5 Å². The van der Waals surface area contributed by atoms with Crippen LogP contribution in [0.15, 0.2) is 36.4 Å². The summed E-state index contributed by atoms with van der Waals surface area (Å²) in [6, 6.07) is 9.94. The SMILES string of the molecule is COc1ccc(O)c(C(=O)Nc2cc(C)ccc2OC)c1. The van der Waals surface area contributed by atoms with Crippen molar-refractivity contribution in [2.75, 3.05) is 19.5 Å². The molecule has 1 amide bonds.